The second-order valence-electron chi connectivity index (χ2n) is 8.88. The van der Waals surface area contributed by atoms with Gasteiger partial charge in [0.1, 0.15) is 13.2 Å². The quantitative estimate of drug-likeness (QED) is 0.653. The van der Waals surface area contributed by atoms with E-state index in [9.17, 15) is 0 Å². The number of ether oxygens (including phenoxy) is 2. The van der Waals surface area contributed by atoms with Crippen LogP contribution in [0.2, 0.25) is 0 Å². The minimum Gasteiger partial charge on any atom is -0.484 e. The Hall–Kier alpha value is -3.46. The zero-order chi connectivity index (χ0) is 22.4. The number of hydrogen-bond donors (Lipinski definition) is 1. The molecule has 6 rings (SSSR count). The van der Waals surface area contributed by atoms with E-state index in [0.29, 0.717) is 31.6 Å². The van der Waals surface area contributed by atoms with Crippen molar-refractivity contribution in [2.45, 2.75) is 32.9 Å². The molecule has 0 saturated heterocycles. The summed E-state index contributed by atoms with van der Waals surface area (Å²) >= 11 is 0. The second-order valence-corrected chi connectivity index (χ2v) is 8.88. The summed E-state index contributed by atoms with van der Waals surface area (Å²) in [5.41, 5.74) is 7.69. The predicted octanol–water partition coefficient (Wildman–Crippen LogP) is 2.64. The smallest absolute Gasteiger partial charge is 0.257 e. The minimum atomic E-state index is 0.541. The minimum absolute atomic E-state index is 0.541. The van der Waals surface area contributed by atoms with Crippen molar-refractivity contribution in [2.75, 3.05) is 43.6 Å². The highest BCUT2D eigenvalue weighted by Gasteiger charge is 2.25. The van der Waals surface area contributed by atoms with Crippen molar-refractivity contribution in [3.63, 3.8) is 0 Å². The van der Waals surface area contributed by atoms with Gasteiger partial charge >= 0.3 is 0 Å². The van der Waals surface area contributed by atoms with E-state index in [1.54, 1.807) is 0 Å². The van der Waals surface area contributed by atoms with Crippen LogP contribution in [0.3, 0.4) is 0 Å². The average molecular weight is 446 g/mol. The average Bonchev–Trinajstić information content (AvgIpc) is 2.84. The number of hydrogen-bond acceptors (Lipinski definition) is 9. The first kappa shape index (κ1) is 20.2. The van der Waals surface area contributed by atoms with Crippen LogP contribution in [-0.2, 0) is 25.9 Å². The van der Waals surface area contributed by atoms with Crippen LogP contribution in [0.25, 0.3) is 0 Å². The molecule has 0 aliphatic carbocycles. The molecule has 3 aromatic heterocycles. The fourth-order valence-corrected chi connectivity index (χ4v) is 4.76. The second kappa shape index (κ2) is 8.15. The Morgan fingerprint density at radius 2 is 1.82 bits per heavy atom. The number of anilines is 3. The monoisotopic (exact) mass is 445 g/mol. The molecule has 3 aliphatic heterocycles. The molecule has 170 valence electrons. The van der Waals surface area contributed by atoms with Gasteiger partial charge in [0.05, 0.1) is 36.0 Å². The Bertz CT molecular complexity index is 1220. The van der Waals surface area contributed by atoms with Crippen LogP contribution in [0.5, 0.6) is 11.6 Å². The Morgan fingerprint density at radius 3 is 2.76 bits per heavy atom. The van der Waals surface area contributed by atoms with Crippen molar-refractivity contribution in [1.29, 1.82) is 0 Å². The molecule has 0 spiro atoms. The van der Waals surface area contributed by atoms with Gasteiger partial charge in [0.2, 0.25) is 5.95 Å². The first-order valence-electron chi connectivity index (χ1n) is 11.4. The lowest BCUT2D eigenvalue weighted by molar-refractivity contribution is 0.163. The fraction of sp³-hybridized carbons (Fsp3) is 0.417. The molecule has 0 atom stereocenters. The normalized spacial score (nSPS) is 17.3. The van der Waals surface area contributed by atoms with Crippen LogP contribution in [0.15, 0.2) is 24.7 Å². The molecule has 3 aromatic rings. The highest BCUT2D eigenvalue weighted by atomic mass is 16.6. The SMILES string of the molecule is Cc1c(N2CCc3cnc(Nc4cnc5c(c4)CN(C)CC5)nc3C2)cnc2c1OCCO2. The Morgan fingerprint density at radius 1 is 0.909 bits per heavy atom. The van der Waals surface area contributed by atoms with Gasteiger partial charge in [0.15, 0.2) is 5.75 Å². The molecule has 9 nitrogen and oxygen atoms in total. The van der Waals surface area contributed by atoms with Crippen LogP contribution < -0.4 is 19.7 Å². The van der Waals surface area contributed by atoms with Gasteiger partial charge in [-0.25, -0.2) is 15.0 Å². The van der Waals surface area contributed by atoms with E-state index in [2.05, 4.69) is 50.1 Å². The third-order valence-corrected chi connectivity index (χ3v) is 6.56. The standard InChI is InChI=1S/C24H27N7O2/c1-15-21(12-26-23-22(15)32-7-8-33-23)31-6-3-16-10-27-24(29-20(16)14-31)28-18-9-17-13-30(2)5-4-19(17)25-11-18/h9-12H,3-8,13-14H2,1-2H3,(H,27,28,29). The van der Waals surface area contributed by atoms with E-state index in [4.69, 9.17) is 14.5 Å². The molecule has 0 unspecified atom stereocenters. The molecular weight excluding hydrogens is 418 g/mol. The van der Waals surface area contributed by atoms with Crippen LogP contribution in [-0.4, -0.2) is 58.2 Å². The zero-order valence-corrected chi connectivity index (χ0v) is 19.0. The van der Waals surface area contributed by atoms with Crippen molar-refractivity contribution < 1.29 is 9.47 Å². The largest absolute Gasteiger partial charge is 0.484 e. The third kappa shape index (κ3) is 3.82. The number of rotatable bonds is 3. The molecule has 0 fully saturated rings. The Labute approximate surface area is 192 Å². The van der Waals surface area contributed by atoms with E-state index in [0.717, 1.165) is 60.9 Å². The van der Waals surface area contributed by atoms with E-state index in [-0.39, 0.29) is 0 Å². The van der Waals surface area contributed by atoms with Crippen LogP contribution in [0, 0.1) is 6.92 Å². The molecule has 0 amide bonds. The van der Waals surface area contributed by atoms with E-state index in [1.807, 2.05) is 18.6 Å². The Balaban J connectivity index is 1.23. The third-order valence-electron chi connectivity index (χ3n) is 6.56. The van der Waals surface area contributed by atoms with Crippen LogP contribution >= 0.6 is 0 Å². The van der Waals surface area contributed by atoms with E-state index < -0.39 is 0 Å². The number of fused-ring (bicyclic) bond motifs is 3. The number of nitrogens with zero attached hydrogens (tertiary/aromatic N) is 6. The lowest BCUT2D eigenvalue weighted by Crippen LogP contribution is -2.32. The first-order valence-corrected chi connectivity index (χ1v) is 11.4. The molecule has 0 bridgehead atoms. The van der Waals surface area contributed by atoms with Crippen LogP contribution in [0.1, 0.15) is 28.1 Å². The molecule has 1 N–H and O–H groups in total. The van der Waals surface area contributed by atoms with Crippen molar-refractivity contribution in [1.82, 2.24) is 24.8 Å². The summed E-state index contributed by atoms with van der Waals surface area (Å²) in [4.78, 5) is 23.2. The number of pyridine rings is 2. The lowest BCUT2D eigenvalue weighted by atomic mass is 10.1. The molecule has 6 heterocycles. The lowest BCUT2D eigenvalue weighted by Gasteiger charge is -2.32. The molecule has 33 heavy (non-hydrogen) atoms. The van der Waals surface area contributed by atoms with Gasteiger partial charge in [-0.3, -0.25) is 4.98 Å². The molecule has 0 aromatic carbocycles. The van der Waals surface area contributed by atoms with Crippen molar-refractivity contribution in [2.24, 2.45) is 0 Å². The number of likely N-dealkylation sites (N-methyl/N-ethyl adjacent to an activating group) is 1. The van der Waals surface area contributed by atoms with Gasteiger partial charge < -0.3 is 24.6 Å². The molecule has 0 saturated carbocycles. The zero-order valence-electron chi connectivity index (χ0n) is 19.0. The first-order chi connectivity index (χ1) is 16.1. The van der Waals surface area contributed by atoms with E-state index in [1.165, 1.54) is 16.8 Å². The summed E-state index contributed by atoms with van der Waals surface area (Å²) in [6, 6.07) is 2.16. The number of nitrogens with one attached hydrogen (secondary N) is 1. The van der Waals surface area contributed by atoms with Crippen molar-refractivity contribution >= 4 is 17.3 Å². The van der Waals surface area contributed by atoms with Crippen molar-refractivity contribution in [3.05, 3.63) is 52.7 Å². The van der Waals surface area contributed by atoms with Gasteiger partial charge in [-0.2, -0.15) is 0 Å². The van der Waals surface area contributed by atoms with Gasteiger partial charge in [-0.05, 0) is 37.6 Å². The fourth-order valence-electron chi connectivity index (χ4n) is 4.76. The molecule has 9 heteroatoms. The summed E-state index contributed by atoms with van der Waals surface area (Å²) in [6.45, 7) is 6.70. The number of aromatic nitrogens is 4. The van der Waals surface area contributed by atoms with Crippen LogP contribution in [0.4, 0.5) is 17.3 Å². The van der Waals surface area contributed by atoms with Gasteiger partial charge in [0.25, 0.3) is 5.88 Å². The maximum atomic E-state index is 5.83. The van der Waals surface area contributed by atoms with Crippen molar-refractivity contribution in [3.8, 4) is 11.6 Å². The highest BCUT2D eigenvalue weighted by molar-refractivity contribution is 5.62. The van der Waals surface area contributed by atoms with Gasteiger partial charge in [-0.15, -0.1) is 0 Å². The summed E-state index contributed by atoms with van der Waals surface area (Å²) in [7, 11) is 2.14. The molecular formula is C24H27N7O2. The predicted molar refractivity (Wildman–Crippen MR) is 124 cm³/mol. The summed E-state index contributed by atoms with van der Waals surface area (Å²) in [5, 5.41) is 3.36. The summed E-state index contributed by atoms with van der Waals surface area (Å²) in [6.07, 6.45) is 7.58. The van der Waals surface area contributed by atoms with Gasteiger partial charge in [-0.1, -0.05) is 0 Å². The maximum Gasteiger partial charge on any atom is 0.257 e. The summed E-state index contributed by atoms with van der Waals surface area (Å²) < 4.78 is 11.5. The Kier molecular flexibility index (Phi) is 4.98. The van der Waals surface area contributed by atoms with Gasteiger partial charge in [0, 0.05) is 43.5 Å². The van der Waals surface area contributed by atoms with E-state index >= 15 is 0 Å². The maximum absolute atomic E-state index is 5.83. The summed E-state index contributed by atoms with van der Waals surface area (Å²) in [5.74, 6) is 1.93. The molecule has 0 radical (unpaired) electrons. The molecule has 3 aliphatic rings. The highest BCUT2D eigenvalue weighted by Crippen LogP contribution is 2.38. The topological polar surface area (TPSA) is 88.5 Å².